The molecule has 1 saturated heterocycles. The summed E-state index contributed by atoms with van der Waals surface area (Å²) in [5.41, 5.74) is 2.01. The number of aromatic nitrogens is 2. The third-order valence-electron chi connectivity index (χ3n) is 5.48. The Hall–Kier alpha value is -1.90. The highest BCUT2D eigenvalue weighted by Gasteiger charge is 2.26. The highest BCUT2D eigenvalue weighted by atomic mass is 32.2. The first-order chi connectivity index (χ1) is 14.5. The molecule has 0 amide bonds. The summed E-state index contributed by atoms with van der Waals surface area (Å²) in [6.45, 7) is 3.63. The summed E-state index contributed by atoms with van der Waals surface area (Å²) in [6, 6.07) is 15.9. The van der Waals surface area contributed by atoms with E-state index in [0.717, 1.165) is 53.2 Å². The van der Waals surface area contributed by atoms with Crippen LogP contribution in [-0.4, -0.2) is 62.9 Å². The van der Waals surface area contributed by atoms with Crippen molar-refractivity contribution in [2.75, 3.05) is 20.1 Å². The number of aliphatic hydroxyl groups excluding tert-OH is 2. The Kier molecular flexibility index (Phi) is 6.75. The lowest BCUT2D eigenvalue weighted by Crippen LogP contribution is -2.35. The first kappa shape index (κ1) is 21.3. The van der Waals surface area contributed by atoms with E-state index < -0.39 is 11.5 Å². The van der Waals surface area contributed by atoms with E-state index in [0.29, 0.717) is 0 Å². The predicted octanol–water partition coefficient (Wildman–Crippen LogP) is 3.55. The molecule has 3 atom stereocenters. The molecule has 4 rings (SSSR count). The molecule has 3 N–H and O–H groups in total. The van der Waals surface area contributed by atoms with E-state index in [2.05, 4.69) is 16.9 Å². The van der Waals surface area contributed by atoms with Gasteiger partial charge < -0.3 is 24.8 Å². The van der Waals surface area contributed by atoms with Gasteiger partial charge in [-0.05, 0) is 56.6 Å². The van der Waals surface area contributed by atoms with Gasteiger partial charge in [-0.25, -0.2) is 4.98 Å². The van der Waals surface area contributed by atoms with Crippen molar-refractivity contribution in [3.63, 3.8) is 0 Å². The number of nitrogens with zero attached hydrogens (tertiary/aromatic N) is 2. The van der Waals surface area contributed by atoms with Crippen LogP contribution in [0.25, 0.3) is 11.0 Å². The van der Waals surface area contributed by atoms with Gasteiger partial charge in [0.2, 0.25) is 0 Å². The summed E-state index contributed by atoms with van der Waals surface area (Å²) in [4.78, 5) is 11.4. The number of nitrogens with one attached hydrogen (secondary N) is 1. The summed E-state index contributed by atoms with van der Waals surface area (Å²) in [7, 11) is 2.14. The van der Waals surface area contributed by atoms with Gasteiger partial charge in [0, 0.05) is 18.0 Å². The second-order valence-electron chi connectivity index (χ2n) is 7.98. The minimum absolute atomic E-state index is 0.166. The van der Waals surface area contributed by atoms with Crippen LogP contribution in [0.3, 0.4) is 0 Å². The number of rotatable bonds is 7. The van der Waals surface area contributed by atoms with Gasteiger partial charge in [-0.2, -0.15) is 0 Å². The third-order valence-corrected chi connectivity index (χ3v) is 6.64. The molecule has 160 valence electrons. The van der Waals surface area contributed by atoms with Gasteiger partial charge in [0.05, 0.1) is 23.2 Å². The maximum atomic E-state index is 10.1. The molecular weight excluding hydrogens is 398 g/mol. The van der Waals surface area contributed by atoms with Crippen LogP contribution in [0.4, 0.5) is 0 Å². The molecule has 1 aliphatic rings. The van der Waals surface area contributed by atoms with E-state index in [9.17, 15) is 10.2 Å². The summed E-state index contributed by atoms with van der Waals surface area (Å²) in [6.07, 6.45) is 1.01. The first-order valence-corrected chi connectivity index (χ1v) is 11.3. The van der Waals surface area contributed by atoms with Gasteiger partial charge in [-0.3, -0.25) is 0 Å². The van der Waals surface area contributed by atoms with Gasteiger partial charge in [-0.15, -0.1) is 0 Å². The number of H-pyrrole nitrogens is 1. The number of aliphatic hydroxyl groups is 2. The number of thioether (sulfide) groups is 1. The van der Waals surface area contributed by atoms with E-state index in [1.807, 2.05) is 48.5 Å². The van der Waals surface area contributed by atoms with Gasteiger partial charge in [0.25, 0.3) is 0 Å². The van der Waals surface area contributed by atoms with Crippen molar-refractivity contribution in [3.8, 4) is 0 Å². The second kappa shape index (κ2) is 9.49. The average molecular weight is 428 g/mol. The van der Waals surface area contributed by atoms with E-state index in [1.54, 1.807) is 6.92 Å². The van der Waals surface area contributed by atoms with Crippen LogP contribution in [-0.2, 0) is 4.74 Å². The molecule has 7 heteroatoms. The average Bonchev–Trinajstić information content (AvgIpc) is 3.17. The van der Waals surface area contributed by atoms with E-state index in [4.69, 9.17) is 9.72 Å². The molecule has 0 saturated carbocycles. The quantitative estimate of drug-likeness (QED) is 0.395. The molecule has 1 fully saturated rings. The van der Waals surface area contributed by atoms with Crippen molar-refractivity contribution in [1.82, 2.24) is 14.9 Å². The molecule has 0 bridgehead atoms. The first-order valence-electron chi connectivity index (χ1n) is 10.4. The monoisotopic (exact) mass is 427 g/mol. The van der Waals surface area contributed by atoms with Gasteiger partial charge in [0.15, 0.2) is 0 Å². The highest BCUT2D eigenvalue weighted by molar-refractivity contribution is 7.99. The van der Waals surface area contributed by atoms with Crippen molar-refractivity contribution in [1.29, 1.82) is 0 Å². The van der Waals surface area contributed by atoms with E-state index >= 15 is 0 Å². The zero-order chi connectivity index (χ0) is 21.1. The lowest BCUT2D eigenvalue weighted by molar-refractivity contribution is -0.0265. The van der Waals surface area contributed by atoms with Crippen molar-refractivity contribution in [3.05, 3.63) is 59.9 Å². The molecule has 0 aliphatic carbocycles. The summed E-state index contributed by atoms with van der Waals surface area (Å²) in [5, 5.41) is 19.7. The molecular formula is C23H29N3O3S. The van der Waals surface area contributed by atoms with Gasteiger partial charge in [0.1, 0.15) is 17.4 Å². The maximum Gasteiger partial charge on any atom is 0.141 e. The molecule has 2 heterocycles. The SMILES string of the molecule is CC(O)C(O)Sc1cccc(C(OC2CCN(C)CC2)c2nc3ccccc3[nH]2)c1. The number of hydrogen-bond acceptors (Lipinski definition) is 6. The van der Waals surface area contributed by atoms with E-state index in [-0.39, 0.29) is 12.2 Å². The Morgan fingerprint density at radius 2 is 1.90 bits per heavy atom. The molecule has 30 heavy (non-hydrogen) atoms. The van der Waals surface area contributed by atoms with Gasteiger partial charge in [-0.1, -0.05) is 36.0 Å². The van der Waals surface area contributed by atoms with Crippen LogP contribution in [0.5, 0.6) is 0 Å². The Balaban J connectivity index is 1.64. The lowest BCUT2D eigenvalue weighted by Gasteiger charge is -2.31. The molecule has 6 nitrogen and oxygen atoms in total. The minimum atomic E-state index is -0.875. The summed E-state index contributed by atoms with van der Waals surface area (Å²) < 4.78 is 6.61. The molecule has 1 aromatic heterocycles. The van der Waals surface area contributed by atoms with Crippen molar-refractivity contribution < 1.29 is 14.9 Å². The smallest absolute Gasteiger partial charge is 0.141 e. The number of hydrogen-bond donors (Lipinski definition) is 3. The number of ether oxygens (including phenoxy) is 1. The standard InChI is InChI=1S/C23H29N3O3S/c1-15(27)23(28)30-18-7-5-6-16(14-18)21(29-17-10-12-26(2)13-11-17)22-24-19-8-3-4-9-20(19)25-22/h3-9,14-15,17,21,23,27-28H,10-13H2,1-2H3,(H,24,25). The largest absolute Gasteiger partial charge is 0.390 e. The molecule has 1 aliphatic heterocycles. The molecule has 3 aromatic rings. The Morgan fingerprint density at radius 1 is 1.13 bits per heavy atom. The molecule has 3 unspecified atom stereocenters. The number of fused-ring (bicyclic) bond motifs is 1. The number of benzene rings is 2. The molecule has 0 radical (unpaired) electrons. The lowest BCUT2D eigenvalue weighted by atomic mass is 10.1. The summed E-state index contributed by atoms with van der Waals surface area (Å²) in [5.74, 6) is 0.786. The number of piperidine rings is 1. The van der Waals surface area contributed by atoms with Crippen LogP contribution in [0.15, 0.2) is 53.4 Å². The van der Waals surface area contributed by atoms with Crippen LogP contribution < -0.4 is 0 Å². The van der Waals surface area contributed by atoms with Crippen LogP contribution in [0.2, 0.25) is 0 Å². The zero-order valence-electron chi connectivity index (χ0n) is 17.4. The van der Waals surface area contributed by atoms with Crippen LogP contribution in [0, 0.1) is 0 Å². The normalized spacial score (nSPS) is 19.1. The number of imidazole rings is 1. The maximum absolute atomic E-state index is 10.1. The highest BCUT2D eigenvalue weighted by Crippen LogP contribution is 2.33. The molecule has 0 spiro atoms. The minimum Gasteiger partial charge on any atom is -0.390 e. The predicted molar refractivity (Wildman–Crippen MR) is 120 cm³/mol. The Bertz CT molecular complexity index is 936. The number of para-hydroxylation sites is 2. The van der Waals surface area contributed by atoms with Crippen molar-refractivity contribution in [2.45, 2.75) is 48.4 Å². The van der Waals surface area contributed by atoms with Crippen LogP contribution >= 0.6 is 11.8 Å². The number of aromatic amines is 1. The van der Waals surface area contributed by atoms with Crippen molar-refractivity contribution >= 4 is 22.8 Å². The Morgan fingerprint density at radius 3 is 2.63 bits per heavy atom. The fourth-order valence-corrected chi connectivity index (χ4v) is 4.54. The van der Waals surface area contributed by atoms with Crippen LogP contribution in [0.1, 0.15) is 37.3 Å². The van der Waals surface area contributed by atoms with Gasteiger partial charge >= 0.3 is 0 Å². The third kappa shape index (κ3) is 5.04. The van der Waals surface area contributed by atoms with Crippen molar-refractivity contribution in [2.24, 2.45) is 0 Å². The van der Waals surface area contributed by atoms with E-state index in [1.165, 1.54) is 11.8 Å². The zero-order valence-corrected chi connectivity index (χ0v) is 18.2. The fourth-order valence-electron chi connectivity index (χ4n) is 3.70. The number of likely N-dealkylation sites (tertiary alicyclic amines) is 1. The fraction of sp³-hybridized carbons (Fsp3) is 0.435. The second-order valence-corrected chi connectivity index (χ2v) is 9.17. The summed E-state index contributed by atoms with van der Waals surface area (Å²) >= 11 is 1.24. The molecule has 2 aromatic carbocycles. The topological polar surface area (TPSA) is 81.6 Å². The Labute approximate surface area is 181 Å².